The molecule has 1 N–H and O–H groups in total. The van der Waals surface area contributed by atoms with Gasteiger partial charge in [-0.25, -0.2) is 0 Å². The van der Waals surface area contributed by atoms with E-state index in [9.17, 15) is 13.2 Å². The van der Waals surface area contributed by atoms with Gasteiger partial charge in [-0.15, -0.1) is 0 Å². The lowest BCUT2D eigenvalue weighted by molar-refractivity contribution is -0.133. The summed E-state index contributed by atoms with van der Waals surface area (Å²) in [5.74, 6) is -2.19. The summed E-state index contributed by atoms with van der Waals surface area (Å²) in [7, 11) is 0. The Balaban J connectivity index is 2.93. The van der Waals surface area contributed by atoms with Gasteiger partial charge in [0, 0.05) is 0 Å². The molecule has 2 nitrogen and oxygen atoms in total. The lowest BCUT2D eigenvalue weighted by Gasteiger charge is -2.15. The first-order valence-corrected chi connectivity index (χ1v) is 2.81. The molecule has 62 valence electrons. The van der Waals surface area contributed by atoms with E-state index in [1.165, 1.54) is 6.08 Å². The van der Waals surface area contributed by atoms with Gasteiger partial charge < -0.3 is 9.84 Å². The molecule has 0 unspecified atom stereocenters. The van der Waals surface area contributed by atoms with Crippen molar-refractivity contribution >= 4 is 0 Å². The highest BCUT2D eigenvalue weighted by molar-refractivity contribution is 5.21. The molecular weight excluding hydrogens is 161 g/mol. The van der Waals surface area contributed by atoms with E-state index in [0.717, 1.165) is 6.08 Å². The van der Waals surface area contributed by atoms with Gasteiger partial charge in [0.15, 0.2) is 5.76 Å². The van der Waals surface area contributed by atoms with Crippen molar-refractivity contribution in [2.45, 2.75) is 6.18 Å². The fourth-order valence-corrected chi connectivity index (χ4v) is 0.668. The van der Waals surface area contributed by atoms with Gasteiger partial charge in [-0.2, -0.15) is 13.2 Å². The fourth-order valence-electron chi connectivity index (χ4n) is 0.668. The number of rotatable bonds is 0. The third kappa shape index (κ3) is 1.66. The summed E-state index contributed by atoms with van der Waals surface area (Å²) in [6.45, 7) is -0.154. The Labute approximate surface area is 60.6 Å². The Morgan fingerprint density at radius 2 is 2.09 bits per heavy atom. The van der Waals surface area contributed by atoms with Crippen LogP contribution in [0.15, 0.2) is 23.7 Å². The number of alkyl halides is 3. The van der Waals surface area contributed by atoms with Crippen molar-refractivity contribution < 1.29 is 23.0 Å². The van der Waals surface area contributed by atoms with Crippen molar-refractivity contribution in [2.75, 3.05) is 6.61 Å². The van der Waals surface area contributed by atoms with E-state index in [-0.39, 0.29) is 6.61 Å². The second kappa shape index (κ2) is 2.48. The quantitative estimate of drug-likeness (QED) is 0.595. The fraction of sp³-hybridized carbons (Fsp3) is 0.333. The summed E-state index contributed by atoms with van der Waals surface area (Å²) in [5, 5.41) is 8.65. The average molecular weight is 166 g/mol. The zero-order valence-corrected chi connectivity index (χ0v) is 5.35. The molecule has 0 bridgehead atoms. The summed E-state index contributed by atoms with van der Waals surface area (Å²) >= 11 is 0. The van der Waals surface area contributed by atoms with E-state index >= 15 is 0 Å². The molecule has 1 heterocycles. The highest BCUT2D eigenvalue weighted by atomic mass is 19.4. The molecule has 0 radical (unpaired) electrons. The molecule has 1 aliphatic heterocycles. The van der Waals surface area contributed by atoms with E-state index in [0.29, 0.717) is 0 Å². The van der Waals surface area contributed by atoms with E-state index in [1.54, 1.807) is 0 Å². The molecule has 1 aliphatic rings. The van der Waals surface area contributed by atoms with E-state index in [2.05, 4.69) is 4.74 Å². The first-order valence-electron chi connectivity index (χ1n) is 2.81. The van der Waals surface area contributed by atoms with Crippen LogP contribution in [0.2, 0.25) is 0 Å². The number of hydrogen-bond donors (Lipinski definition) is 1. The minimum absolute atomic E-state index is 0.154. The Morgan fingerprint density at radius 1 is 1.45 bits per heavy atom. The molecule has 0 amide bonds. The third-order valence-electron chi connectivity index (χ3n) is 1.09. The van der Waals surface area contributed by atoms with E-state index in [4.69, 9.17) is 5.11 Å². The van der Waals surface area contributed by atoms with Crippen molar-refractivity contribution in [3.63, 3.8) is 0 Å². The molecule has 0 atom stereocenters. The Hall–Kier alpha value is -1.13. The van der Waals surface area contributed by atoms with Crippen LogP contribution in [0.1, 0.15) is 0 Å². The molecule has 0 aromatic heterocycles. The molecule has 0 aliphatic carbocycles. The SMILES string of the molecule is OC1=C(C(F)(F)F)OCC=C1. The molecule has 0 aromatic rings. The Kier molecular flexibility index (Phi) is 1.80. The van der Waals surface area contributed by atoms with Gasteiger partial charge in [-0.1, -0.05) is 0 Å². The van der Waals surface area contributed by atoms with Gasteiger partial charge in [0.05, 0.1) is 0 Å². The minimum atomic E-state index is -4.60. The van der Waals surface area contributed by atoms with Gasteiger partial charge in [0.2, 0.25) is 5.76 Å². The van der Waals surface area contributed by atoms with Crippen LogP contribution < -0.4 is 0 Å². The Morgan fingerprint density at radius 3 is 2.45 bits per heavy atom. The maximum Gasteiger partial charge on any atom is 0.452 e. The topological polar surface area (TPSA) is 29.5 Å². The molecule has 0 aromatic carbocycles. The first-order chi connectivity index (χ1) is 5.02. The number of halogens is 3. The number of allylic oxidation sites excluding steroid dienone is 2. The molecule has 0 fully saturated rings. The predicted molar refractivity (Wildman–Crippen MR) is 30.8 cm³/mol. The lowest BCUT2D eigenvalue weighted by atomic mass is 10.3. The number of ether oxygens (including phenoxy) is 1. The van der Waals surface area contributed by atoms with Crippen LogP contribution in [-0.4, -0.2) is 17.9 Å². The lowest BCUT2D eigenvalue weighted by Crippen LogP contribution is -2.18. The normalized spacial score (nSPS) is 18.5. The second-order valence-corrected chi connectivity index (χ2v) is 1.93. The van der Waals surface area contributed by atoms with Crippen LogP contribution in [0.3, 0.4) is 0 Å². The summed E-state index contributed by atoms with van der Waals surface area (Å²) in [6, 6.07) is 0. The van der Waals surface area contributed by atoms with Gasteiger partial charge in [0.1, 0.15) is 6.61 Å². The summed E-state index contributed by atoms with van der Waals surface area (Å²) < 4.78 is 39.6. The summed E-state index contributed by atoms with van der Waals surface area (Å²) in [4.78, 5) is 0. The molecule has 1 rings (SSSR count). The van der Waals surface area contributed by atoms with Crippen LogP contribution in [0.25, 0.3) is 0 Å². The van der Waals surface area contributed by atoms with Crippen LogP contribution in [-0.2, 0) is 4.74 Å². The zero-order chi connectivity index (χ0) is 8.48. The molecular formula is C6H5F3O2. The zero-order valence-electron chi connectivity index (χ0n) is 5.35. The van der Waals surface area contributed by atoms with Crippen molar-refractivity contribution in [3.05, 3.63) is 23.7 Å². The summed E-state index contributed by atoms with van der Waals surface area (Å²) in [5.41, 5.74) is 0. The van der Waals surface area contributed by atoms with E-state index < -0.39 is 17.7 Å². The van der Waals surface area contributed by atoms with Crippen molar-refractivity contribution in [1.29, 1.82) is 0 Å². The van der Waals surface area contributed by atoms with Crippen molar-refractivity contribution in [1.82, 2.24) is 0 Å². The average Bonchev–Trinajstić information content (AvgIpc) is 1.86. The molecule has 0 saturated carbocycles. The standard InChI is InChI=1S/C6H5F3O2/c7-6(8,9)5-4(10)2-1-3-11-5/h1-2,10H,3H2. The van der Waals surface area contributed by atoms with Gasteiger partial charge in [-0.05, 0) is 12.2 Å². The maximum atomic E-state index is 11.8. The summed E-state index contributed by atoms with van der Waals surface area (Å²) in [6.07, 6.45) is -2.34. The highest BCUT2D eigenvalue weighted by Gasteiger charge is 2.39. The number of aliphatic hydroxyl groups is 1. The van der Waals surface area contributed by atoms with Gasteiger partial charge >= 0.3 is 6.18 Å². The smallest absolute Gasteiger partial charge is 0.452 e. The molecule has 0 saturated heterocycles. The highest BCUT2D eigenvalue weighted by Crippen LogP contribution is 2.30. The van der Waals surface area contributed by atoms with Crippen LogP contribution in [0, 0.1) is 0 Å². The van der Waals surface area contributed by atoms with Gasteiger partial charge in [-0.3, -0.25) is 0 Å². The van der Waals surface area contributed by atoms with E-state index in [1.807, 2.05) is 0 Å². The molecule has 5 heteroatoms. The molecule has 0 spiro atoms. The van der Waals surface area contributed by atoms with Crippen LogP contribution >= 0.6 is 0 Å². The van der Waals surface area contributed by atoms with Crippen LogP contribution in [0.4, 0.5) is 13.2 Å². The largest absolute Gasteiger partial charge is 0.504 e. The minimum Gasteiger partial charge on any atom is -0.504 e. The van der Waals surface area contributed by atoms with Gasteiger partial charge in [0.25, 0.3) is 0 Å². The molecule has 11 heavy (non-hydrogen) atoms. The first kappa shape index (κ1) is 7.97. The number of aliphatic hydroxyl groups excluding tert-OH is 1. The second-order valence-electron chi connectivity index (χ2n) is 1.93. The monoisotopic (exact) mass is 166 g/mol. The predicted octanol–water partition coefficient (Wildman–Crippen LogP) is 1.90. The Bertz CT molecular complexity index is 214. The van der Waals surface area contributed by atoms with Crippen molar-refractivity contribution in [3.8, 4) is 0 Å². The van der Waals surface area contributed by atoms with Crippen LogP contribution in [0.5, 0.6) is 0 Å². The maximum absolute atomic E-state index is 11.8. The number of hydrogen-bond acceptors (Lipinski definition) is 2. The third-order valence-corrected chi connectivity index (χ3v) is 1.09. The van der Waals surface area contributed by atoms with Crippen molar-refractivity contribution in [2.24, 2.45) is 0 Å².